The predicted molar refractivity (Wildman–Crippen MR) is 60.9 cm³/mol. The fourth-order valence-electron chi connectivity index (χ4n) is 1.40. The first kappa shape index (κ1) is 10.4. The van der Waals surface area contributed by atoms with E-state index in [0.717, 1.165) is 4.47 Å². The van der Waals surface area contributed by atoms with Gasteiger partial charge in [-0.05, 0) is 28.1 Å². The third kappa shape index (κ3) is 2.13. The third-order valence-corrected chi connectivity index (χ3v) is 2.86. The van der Waals surface area contributed by atoms with E-state index in [1.54, 1.807) is 6.07 Å². The maximum atomic E-state index is 11.5. The number of nitrogens with one attached hydrogen (secondary N) is 1. The Labute approximate surface area is 95.9 Å². The lowest BCUT2D eigenvalue weighted by atomic mass is 10.2. The first-order valence-corrected chi connectivity index (χ1v) is 5.45. The predicted octanol–water partition coefficient (Wildman–Crippen LogP) is 1.50. The van der Waals surface area contributed by atoms with E-state index in [-0.39, 0.29) is 5.91 Å². The van der Waals surface area contributed by atoms with Gasteiger partial charge in [-0.1, -0.05) is 6.07 Å². The monoisotopic (exact) mass is 270 g/mol. The Kier molecular flexibility index (Phi) is 2.93. The molecule has 1 atom stereocenters. The largest absolute Gasteiger partial charge is 0.490 e. The Balaban J connectivity index is 2.37. The van der Waals surface area contributed by atoms with Gasteiger partial charge >= 0.3 is 0 Å². The molecule has 3 N–H and O–H groups in total. The molecule has 1 aromatic carbocycles. The van der Waals surface area contributed by atoms with Crippen molar-refractivity contribution >= 4 is 27.5 Å². The van der Waals surface area contributed by atoms with Crippen LogP contribution in [0.2, 0.25) is 0 Å². The molecular weight excluding hydrogens is 260 g/mol. The van der Waals surface area contributed by atoms with Gasteiger partial charge in [0.1, 0.15) is 0 Å². The van der Waals surface area contributed by atoms with Crippen LogP contribution >= 0.6 is 15.9 Å². The molecule has 0 bridgehead atoms. The van der Waals surface area contributed by atoms with Gasteiger partial charge in [0.15, 0.2) is 5.75 Å². The number of hydrogen-bond donors (Lipinski definition) is 2. The fraction of sp³-hybridized carbons (Fsp3) is 0.300. The summed E-state index contributed by atoms with van der Waals surface area (Å²) in [6, 6.07) is 4.99. The molecule has 0 fully saturated rings. The molecule has 4 nitrogen and oxygen atoms in total. The lowest BCUT2D eigenvalue weighted by molar-refractivity contribution is -0.117. The summed E-state index contributed by atoms with van der Waals surface area (Å²) < 4.78 is 6.37. The van der Waals surface area contributed by atoms with Crippen LogP contribution in [0, 0.1) is 0 Å². The molecule has 1 aliphatic heterocycles. The Hall–Kier alpha value is -1.07. The van der Waals surface area contributed by atoms with Crippen molar-refractivity contribution in [3.05, 3.63) is 22.7 Å². The van der Waals surface area contributed by atoms with Crippen LogP contribution in [0.4, 0.5) is 5.69 Å². The van der Waals surface area contributed by atoms with Crippen LogP contribution in [-0.2, 0) is 4.79 Å². The van der Waals surface area contributed by atoms with Gasteiger partial charge in [0.25, 0.3) is 0 Å². The lowest BCUT2D eigenvalue weighted by Gasteiger charge is -2.20. The molecule has 1 amide bonds. The summed E-state index contributed by atoms with van der Waals surface area (Å²) in [6.45, 7) is 0.449. The average molecular weight is 271 g/mol. The van der Waals surface area contributed by atoms with Crippen molar-refractivity contribution in [2.75, 3.05) is 11.9 Å². The number of carbonyl (C=O) groups is 1. The number of halogens is 1. The van der Waals surface area contributed by atoms with Crippen molar-refractivity contribution in [1.82, 2.24) is 0 Å². The summed E-state index contributed by atoms with van der Waals surface area (Å²) in [5.41, 5.74) is 6.30. The topological polar surface area (TPSA) is 64.3 Å². The van der Waals surface area contributed by atoms with Crippen molar-refractivity contribution in [2.24, 2.45) is 5.73 Å². The summed E-state index contributed by atoms with van der Waals surface area (Å²) in [7, 11) is 0. The van der Waals surface area contributed by atoms with Gasteiger partial charge in [0.2, 0.25) is 5.91 Å². The van der Waals surface area contributed by atoms with E-state index in [4.69, 9.17) is 10.5 Å². The summed E-state index contributed by atoms with van der Waals surface area (Å²) in [4.78, 5) is 11.5. The highest BCUT2D eigenvalue weighted by molar-refractivity contribution is 9.10. The fourth-order valence-corrected chi connectivity index (χ4v) is 1.88. The number of fused-ring (bicyclic) bond motifs is 1. The van der Waals surface area contributed by atoms with Crippen LogP contribution in [0.5, 0.6) is 5.75 Å². The molecule has 1 heterocycles. The van der Waals surface area contributed by atoms with Crippen molar-refractivity contribution in [3.8, 4) is 5.75 Å². The van der Waals surface area contributed by atoms with Gasteiger partial charge in [-0.3, -0.25) is 4.79 Å². The van der Waals surface area contributed by atoms with Crippen LogP contribution in [0.15, 0.2) is 22.7 Å². The van der Waals surface area contributed by atoms with Gasteiger partial charge in [0.05, 0.1) is 22.8 Å². The zero-order valence-electron chi connectivity index (χ0n) is 8.00. The van der Waals surface area contributed by atoms with Crippen molar-refractivity contribution in [3.63, 3.8) is 0 Å². The number of nitrogens with two attached hydrogens (primary N) is 1. The number of hydrogen-bond acceptors (Lipinski definition) is 3. The van der Waals surface area contributed by atoms with Gasteiger partial charge in [-0.2, -0.15) is 0 Å². The second-order valence-corrected chi connectivity index (χ2v) is 4.20. The van der Waals surface area contributed by atoms with E-state index in [9.17, 15) is 4.79 Å². The molecule has 15 heavy (non-hydrogen) atoms. The van der Waals surface area contributed by atoms with Gasteiger partial charge < -0.3 is 15.8 Å². The molecule has 1 aliphatic rings. The Morgan fingerprint density at radius 3 is 3.13 bits per heavy atom. The molecule has 2 rings (SSSR count). The number of anilines is 1. The van der Waals surface area contributed by atoms with E-state index < -0.39 is 6.04 Å². The maximum absolute atomic E-state index is 11.5. The maximum Gasteiger partial charge on any atom is 0.241 e. The van der Waals surface area contributed by atoms with Gasteiger partial charge in [-0.25, -0.2) is 0 Å². The van der Waals surface area contributed by atoms with E-state index in [1.807, 2.05) is 12.1 Å². The molecule has 1 unspecified atom stereocenters. The minimum absolute atomic E-state index is 0.169. The summed E-state index contributed by atoms with van der Waals surface area (Å²) in [5, 5.41) is 2.73. The highest BCUT2D eigenvalue weighted by Gasteiger charge is 2.20. The zero-order valence-corrected chi connectivity index (χ0v) is 9.58. The number of rotatable bonds is 0. The van der Waals surface area contributed by atoms with Crippen molar-refractivity contribution in [2.45, 2.75) is 12.5 Å². The molecule has 0 radical (unpaired) electrons. The van der Waals surface area contributed by atoms with E-state index >= 15 is 0 Å². The van der Waals surface area contributed by atoms with Gasteiger partial charge in [0, 0.05) is 6.42 Å². The summed E-state index contributed by atoms with van der Waals surface area (Å²) in [5.74, 6) is 0.496. The minimum atomic E-state index is -0.503. The summed E-state index contributed by atoms with van der Waals surface area (Å²) >= 11 is 3.37. The first-order chi connectivity index (χ1) is 7.18. The van der Waals surface area contributed by atoms with Gasteiger partial charge in [-0.15, -0.1) is 0 Å². The highest BCUT2D eigenvalue weighted by Crippen LogP contribution is 2.34. The molecule has 80 valence electrons. The average Bonchev–Trinajstić information content (AvgIpc) is 2.19. The lowest BCUT2D eigenvalue weighted by Crippen LogP contribution is -2.38. The van der Waals surface area contributed by atoms with Crippen LogP contribution < -0.4 is 15.8 Å². The van der Waals surface area contributed by atoms with Crippen molar-refractivity contribution < 1.29 is 9.53 Å². The first-order valence-electron chi connectivity index (χ1n) is 4.66. The quantitative estimate of drug-likeness (QED) is 0.751. The van der Waals surface area contributed by atoms with Crippen LogP contribution in [-0.4, -0.2) is 18.6 Å². The highest BCUT2D eigenvalue weighted by atomic mass is 79.9. The molecule has 0 spiro atoms. The second-order valence-electron chi connectivity index (χ2n) is 3.35. The Morgan fingerprint density at radius 1 is 1.53 bits per heavy atom. The minimum Gasteiger partial charge on any atom is -0.490 e. The SMILES string of the molecule is NC1CCOc2c(Br)cccc2NC1=O. The molecule has 0 aromatic heterocycles. The zero-order chi connectivity index (χ0) is 10.8. The standard InChI is InChI=1S/C10H11BrN2O2/c11-6-2-1-3-8-9(6)15-5-4-7(12)10(14)13-8/h1-3,7H,4-5,12H2,(H,13,14). The molecule has 0 saturated carbocycles. The van der Waals surface area contributed by atoms with E-state index in [2.05, 4.69) is 21.2 Å². The Bertz CT molecular complexity index is 395. The van der Waals surface area contributed by atoms with Crippen molar-refractivity contribution in [1.29, 1.82) is 0 Å². The van der Waals surface area contributed by atoms with Crippen LogP contribution in [0.1, 0.15) is 6.42 Å². The number of para-hydroxylation sites is 1. The molecule has 1 aromatic rings. The number of carbonyl (C=O) groups excluding carboxylic acids is 1. The third-order valence-electron chi connectivity index (χ3n) is 2.24. The molecule has 0 aliphatic carbocycles. The van der Waals surface area contributed by atoms with Crippen LogP contribution in [0.25, 0.3) is 0 Å². The number of benzene rings is 1. The van der Waals surface area contributed by atoms with Crippen LogP contribution in [0.3, 0.4) is 0 Å². The normalized spacial score (nSPS) is 20.7. The molecule has 5 heteroatoms. The summed E-state index contributed by atoms with van der Waals surface area (Å²) in [6.07, 6.45) is 0.520. The molecular formula is C10H11BrN2O2. The Morgan fingerprint density at radius 2 is 2.33 bits per heavy atom. The second kappa shape index (κ2) is 4.20. The number of ether oxygens (including phenoxy) is 1. The smallest absolute Gasteiger partial charge is 0.241 e. The molecule has 0 saturated heterocycles. The van der Waals surface area contributed by atoms with E-state index in [0.29, 0.717) is 24.5 Å². The number of amides is 1. The van der Waals surface area contributed by atoms with E-state index in [1.165, 1.54) is 0 Å².